The van der Waals surface area contributed by atoms with Crippen LogP contribution in [-0.4, -0.2) is 10.1 Å². The predicted molar refractivity (Wildman–Crippen MR) is 82.8 cm³/mol. The van der Waals surface area contributed by atoms with Gasteiger partial charge in [-0.25, -0.2) is 0 Å². The first kappa shape index (κ1) is 13.2. The number of hydrogen-bond acceptors (Lipinski definition) is 6. The largest absolute Gasteiger partial charge is 0.398 e. The van der Waals surface area contributed by atoms with Crippen LogP contribution < -0.4 is 5.73 Å². The second-order valence-electron chi connectivity index (χ2n) is 4.35. The molecule has 3 aromatic rings. The molecule has 2 heterocycles. The van der Waals surface area contributed by atoms with Crippen molar-refractivity contribution in [3.8, 4) is 11.4 Å². The van der Waals surface area contributed by atoms with Crippen LogP contribution in [0.25, 0.3) is 11.4 Å². The predicted octanol–water partition coefficient (Wildman–Crippen LogP) is 3.98. The van der Waals surface area contributed by atoms with Gasteiger partial charge in [0.25, 0.3) is 0 Å². The van der Waals surface area contributed by atoms with Gasteiger partial charge in [0, 0.05) is 21.5 Å². The quantitative estimate of drug-likeness (QED) is 0.583. The average Bonchev–Trinajstić information content (AvgIpc) is 3.08. The van der Waals surface area contributed by atoms with E-state index in [2.05, 4.69) is 10.1 Å². The van der Waals surface area contributed by atoms with E-state index in [4.69, 9.17) is 10.3 Å². The van der Waals surface area contributed by atoms with Gasteiger partial charge in [-0.3, -0.25) is 0 Å². The van der Waals surface area contributed by atoms with Gasteiger partial charge in [0.2, 0.25) is 11.7 Å². The van der Waals surface area contributed by atoms with Crippen molar-refractivity contribution < 1.29 is 4.52 Å². The lowest BCUT2D eigenvalue weighted by atomic mass is 10.2. The van der Waals surface area contributed by atoms with Crippen molar-refractivity contribution in [1.29, 1.82) is 0 Å². The number of nitrogens with zero attached hydrogens (tertiary/aromatic N) is 2. The smallest absolute Gasteiger partial charge is 0.237 e. The van der Waals surface area contributed by atoms with Gasteiger partial charge in [0.15, 0.2) is 0 Å². The number of thiophene rings is 1. The molecule has 0 aliphatic heterocycles. The molecule has 4 nitrogen and oxygen atoms in total. The van der Waals surface area contributed by atoms with Crippen LogP contribution in [0.5, 0.6) is 0 Å². The van der Waals surface area contributed by atoms with Crippen molar-refractivity contribution in [2.45, 2.75) is 17.6 Å². The summed E-state index contributed by atoms with van der Waals surface area (Å²) in [5.74, 6) is 1.86. The number of benzene rings is 1. The molecular formula is C14H13N3OS2. The van der Waals surface area contributed by atoms with E-state index in [9.17, 15) is 0 Å². The van der Waals surface area contributed by atoms with Gasteiger partial charge < -0.3 is 10.3 Å². The van der Waals surface area contributed by atoms with Crippen LogP contribution >= 0.6 is 23.1 Å². The van der Waals surface area contributed by atoms with Crippen LogP contribution in [0.4, 0.5) is 5.69 Å². The monoisotopic (exact) mass is 303 g/mol. The average molecular weight is 303 g/mol. The molecule has 20 heavy (non-hydrogen) atoms. The molecule has 0 bridgehead atoms. The van der Waals surface area contributed by atoms with E-state index in [0.717, 1.165) is 21.7 Å². The number of nitrogens with two attached hydrogens (primary N) is 1. The minimum Gasteiger partial charge on any atom is -0.398 e. The van der Waals surface area contributed by atoms with Crippen molar-refractivity contribution in [1.82, 2.24) is 10.1 Å². The number of rotatable bonds is 4. The molecule has 0 aliphatic carbocycles. The van der Waals surface area contributed by atoms with Crippen molar-refractivity contribution in [3.05, 3.63) is 46.5 Å². The molecular weight excluding hydrogens is 290 g/mol. The van der Waals surface area contributed by atoms with E-state index < -0.39 is 0 Å². The maximum absolute atomic E-state index is 5.98. The van der Waals surface area contributed by atoms with Gasteiger partial charge in [-0.2, -0.15) is 16.3 Å². The number of aromatic nitrogens is 2. The Labute approximate surface area is 125 Å². The first-order valence-electron chi connectivity index (χ1n) is 6.06. The number of thioether (sulfide) groups is 1. The lowest BCUT2D eigenvalue weighted by Crippen LogP contribution is -1.90. The summed E-state index contributed by atoms with van der Waals surface area (Å²) in [4.78, 5) is 5.42. The minimum atomic E-state index is 0.608. The van der Waals surface area contributed by atoms with Crippen LogP contribution in [0.15, 0.2) is 44.4 Å². The Morgan fingerprint density at radius 3 is 3.00 bits per heavy atom. The van der Waals surface area contributed by atoms with Gasteiger partial charge >= 0.3 is 0 Å². The van der Waals surface area contributed by atoms with Gasteiger partial charge in [-0.05, 0) is 36.1 Å². The maximum atomic E-state index is 5.98. The molecule has 2 aromatic heterocycles. The fourth-order valence-corrected chi connectivity index (χ4v) is 3.18. The van der Waals surface area contributed by atoms with Crippen LogP contribution in [0.2, 0.25) is 0 Å². The molecule has 102 valence electrons. The lowest BCUT2D eigenvalue weighted by Gasteiger charge is -2.04. The molecule has 0 saturated carbocycles. The standard InChI is InChI=1S/C14H13N3OS2/c1-9-2-3-12(11(15)6-9)20-8-13-16-14(17-18-13)10-4-5-19-7-10/h2-7H,8,15H2,1H3. The summed E-state index contributed by atoms with van der Waals surface area (Å²) < 4.78 is 5.26. The van der Waals surface area contributed by atoms with E-state index in [0.29, 0.717) is 17.5 Å². The second-order valence-corrected chi connectivity index (χ2v) is 6.15. The highest BCUT2D eigenvalue weighted by Crippen LogP contribution is 2.29. The highest BCUT2D eigenvalue weighted by atomic mass is 32.2. The third-order valence-electron chi connectivity index (χ3n) is 2.76. The van der Waals surface area contributed by atoms with Crippen molar-refractivity contribution in [2.24, 2.45) is 0 Å². The Balaban J connectivity index is 1.70. The lowest BCUT2D eigenvalue weighted by molar-refractivity contribution is 0.391. The number of hydrogen-bond donors (Lipinski definition) is 1. The molecule has 0 fully saturated rings. The van der Waals surface area contributed by atoms with E-state index in [-0.39, 0.29) is 0 Å². The Morgan fingerprint density at radius 1 is 1.35 bits per heavy atom. The molecule has 2 N–H and O–H groups in total. The van der Waals surface area contributed by atoms with Gasteiger partial charge in [-0.15, -0.1) is 11.8 Å². The number of aryl methyl sites for hydroxylation is 1. The Bertz CT molecular complexity index is 707. The van der Waals surface area contributed by atoms with Gasteiger partial charge in [-0.1, -0.05) is 11.2 Å². The number of nitrogen functional groups attached to an aromatic ring is 1. The molecule has 0 unspecified atom stereocenters. The van der Waals surface area contributed by atoms with Crippen LogP contribution in [0, 0.1) is 6.92 Å². The van der Waals surface area contributed by atoms with Crippen molar-refractivity contribution >= 4 is 28.8 Å². The highest BCUT2D eigenvalue weighted by Gasteiger charge is 2.10. The summed E-state index contributed by atoms with van der Waals surface area (Å²) in [7, 11) is 0. The summed E-state index contributed by atoms with van der Waals surface area (Å²) in [5, 5.41) is 7.98. The second kappa shape index (κ2) is 5.68. The normalized spacial score (nSPS) is 10.8. The van der Waals surface area contributed by atoms with E-state index >= 15 is 0 Å². The molecule has 0 amide bonds. The van der Waals surface area contributed by atoms with Crippen LogP contribution in [0.3, 0.4) is 0 Å². The molecule has 3 rings (SSSR count). The molecule has 6 heteroatoms. The summed E-state index contributed by atoms with van der Waals surface area (Å²) in [5.41, 5.74) is 8.91. The zero-order chi connectivity index (χ0) is 13.9. The fraction of sp³-hybridized carbons (Fsp3) is 0.143. The molecule has 0 atom stereocenters. The molecule has 0 radical (unpaired) electrons. The van der Waals surface area contributed by atoms with Gasteiger partial charge in [0.05, 0.1) is 5.75 Å². The molecule has 0 aliphatic rings. The Morgan fingerprint density at radius 2 is 2.25 bits per heavy atom. The maximum Gasteiger partial charge on any atom is 0.237 e. The summed E-state index contributed by atoms with van der Waals surface area (Å²) in [6, 6.07) is 8.01. The first-order chi connectivity index (χ1) is 9.72. The summed E-state index contributed by atoms with van der Waals surface area (Å²) >= 11 is 3.21. The number of anilines is 1. The van der Waals surface area contributed by atoms with E-state index in [1.165, 1.54) is 0 Å². The SMILES string of the molecule is Cc1ccc(SCc2nc(-c3ccsc3)no2)c(N)c1. The van der Waals surface area contributed by atoms with E-state index in [1.807, 2.05) is 41.9 Å². The summed E-state index contributed by atoms with van der Waals surface area (Å²) in [6.07, 6.45) is 0. The topological polar surface area (TPSA) is 64.9 Å². The van der Waals surface area contributed by atoms with Crippen molar-refractivity contribution in [2.75, 3.05) is 5.73 Å². The van der Waals surface area contributed by atoms with Crippen molar-refractivity contribution in [3.63, 3.8) is 0 Å². The van der Waals surface area contributed by atoms with Crippen LogP contribution in [0.1, 0.15) is 11.5 Å². The first-order valence-corrected chi connectivity index (χ1v) is 7.99. The summed E-state index contributed by atoms with van der Waals surface area (Å²) in [6.45, 7) is 2.02. The van der Waals surface area contributed by atoms with E-state index in [1.54, 1.807) is 23.1 Å². The Hall–Kier alpha value is -1.79. The molecule has 1 aromatic carbocycles. The fourth-order valence-electron chi connectivity index (χ4n) is 1.76. The Kier molecular flexibility index (Phi) is 3.75. The zero-order valence-corrected chi connectivity index (χ0v) is 12.5. The zero-order valence-electron chi connectivity index (χ0n) is 10.9. The molecule has 0 saturated heterocycles. The highest BCUT2D eigenvalue weighted by molar-refractivity contribution is 7.98. The van der Waals surface area contributed by atoms with Crippen LogP contribution in [-0.2, 0) is 5.75 Å². The third-order valence-corrected chi connectivity index (χ3v) is 4.52. The third kappa shape index (κ3) is 2.86. The molecule has 0 spiro atoms. The minimum absolute atomic E-state index is 0.608. The van der Waals surface area contributed by atoms with Gasteiger partial charge in [0.1, 0.15) is 0 Å².